The van der Waals surface area contributed by atoms with E-state index in [1.807, 2.05) is 36.4 Å². The standard InChI is InChI=1S/C31H21ClFI/c1-20-6-8-23(9-7-20)31(28-18-24-4-2-3-5-25(24)19-29(28)34)30(21-10-14-26(32)15-11-21)22-12-16-27(33)17-13-22/h2-19H,1H3/b31-30-. The molecule has 0 N–H and O–H groups in total. The third kappa shape index (κ3) is 4.66. The normalized spacial score (nSPS) is 12.0. The minimum absolute atomic E-state index is 0.253. The van der Waals surface area contributed by atoms with E-state index in [0.717, 1.165) is 37.0 Å². The number of hydrogen-bond acceptors (Lipinski definition) is 0. The first-order chi connectivity index (χ1) is 16.5. The fourth-order valence-corrected chi connectivity index (χ4v) is 5.13. The van der Waals surface area contributed by atoms with E-state index in [4.69, 9.17) is 11.6 Å². The number of fused-ring (bicyclic) bond motifs is 1. The highest BCUT2D eigenvalue weighted by Gasteiger charge is 2.19. The number of halogens is 3. The molecule has 0 nitrogen and oxygen atoms in total. The van der Waals surface area contributed by atoms with E-state index >= 15 is 0 Å². The summed E-state index contributed by atoms with van der Waals surface area (Å²) in [7, 11) is 0. The van der Waals surface area contributed by atoms with Crippen LogP contribution in [0.5, 0.6) is 0 Å². The number of aryl methyl sites for hydroxylation is 1. The van der Waals surface area contributed by atoms with Gasteiger partial charge in [-0.1, -0.05) is 90.0 Å². The van der Waals surface area contributed by atoms with E-state index in [1.165, 1.54) is 28.5 Å². The van der Waals surface area contributed by atoms with E-state index in [0.29, 0.717) is 5.02 Å². The molecule has 0 saturated heterocycles. The Morgan fingerprint density at radius 1 is 0.647 bits per heavy atom. The van der Waals surface area contributed by atoms with Gasteiger partial charge in [0, 0.05) is 8.59 Å². The zero-order valence-corrected chi connectivity index (χ0v) is 21.4. The molecule has 0 heterocycles. The summed E-state index contributed by atoms with van der Waals surface area (Å²) in [5, 5.41) is 3.06. The molecule has 34 heavy (non-hydrogen) atoms. The fraction of sp³-hybridized carbons (Fsp3) is 0.0323. The fourth-order valence-electron chi connectivity index (χ4n) is 4.25. The lowest BCUT2D eigenvalue weighted by Gasteiger charge is -2.20. The van der Waals surface area contributed by atoms with Crippen LogP contribution in [-0.2, 0) is 0 Å². The number of hydrogen-bond donors (Lipinski definition) is 0. The van der Waals surface area contributed by atoms with Crippen molar-refractivity contribution in [2.75, 3.05) is 0 Å². The van der Waals surface area contributed by atoms with Gasteiger partial charge in [0.05, 0.1) is 0 Å². The van der Waals surface area contributed by atoms with Crippen molar-refractivity contribution in [2.24, 2.45) is 0 Å². The molecule has 0 atom stereocenters. The Labute approximate surface area is 217 Å². The lowest BCUT2D eigenvalue weighted by molar-refractivity contribution is 0.627. The summed E-state index contributed by atoms with van der Waals surface area (Å²) >= 11 is 8.66. The molecule has 166 valence electrons. The van der Waals surface area contributed by atoms with Crippen LogP contribution in [0.1, 0.15) is 27.8 Å². The molecule has 0 aliphatic rings. The molecule has 5 aromatic rings. The van der Waals surface area contributed by atoms with Crippen LogP contribution < -0.4 is 0 Å². The van der Waals surface area contributed by atoms with Crippen molar-refractivity contribution in [2.45, 2.75) is 6.92 Å². The zero-order valence-electron chi connectivity index (χ0n) is 18.5. The molecule has 0 amide bonds. The van der Waals surface area contributed by atoms with Gasteiger partial charge in [-0.3, -0.25) is 0 Å². The van der Waals surface area contributed by atoms with Crippen LogP contribution in [-0.4, -0.2) is 0 Å². The van der Waals surface area contributed by atoms with Crippen LogP contribution in [0.3, 0.4) is 0 Å². The van der Waals surface area contributed by atoms with Crippen LogP contribution in [0.25, 0.3) is 21.9 Å². The molecular formula is C31H21ClFI. The zero-order chi connectivity index (χ0) is 23.7. The molecule has 0 aliphatic carbocycles. The van der Waals surface area contributed by atoms with Gasteiger partial charge < -0.3 is 0 Å². The quantitative estimate of drug-likeness (QED) is 0.148. The maximum atomic E-state index is 13.9. The molecular weight excluding hydrogens is 554 g/mol. The van der Waals surface area contributed by atoms with Gasteiger partial charge >= 0.3 is 0 Å². The smallest absolute Gasteiger partial charge is 0.123 e. The summed E-state index contributed by atoms with van der Waals surface area (Å²) in [6.07, 6.45) is 0. The lowest BCUT2D eigenvalue weighted by atomic mass is 9.85. The predicted molar refractivity (Wildman–Crippen MR) is 151 cm³/mol. The molecule has 0 aromatic heterocycles. The van der Waals surface area contributed by atoms with Gasteiger partial charge in [-0.25, -0.2) is 4.39 Å². The van der Waals surface area contributed by atoms with Gasteiger partial charge in [0.2, 0.25) is 0 Å². The molecule has 5 rings (SSSR count). The van der Waals surface area contributed by atoms with Gasteiger partial charge in [0.25, 0.3) is 0 Å². The van der Waals surface area contributed by atoms with Crippen LogP contribution in [0.2, 0.25) is 5.02 Å². The van der Waals surface area contributed by atoms with Crippen molar-refractivity contribution in [1.29, 1.82) is 0 Å². The van der Waals surface area contributed by atoms with E-state index in [9.17, 15) is 4.39 Å². The third-order valence-corrected chi connectivity index (χ3v) is 7.11. The molecule has 0 spiro atoms. The molecule has 0 aliphatic heterocycles. The van der Waals surface area contributed by atoms with Crippen LogP contribution in [0.4, 0.5) is 4.39 Å². The first-order valence-electron chi connectivity index (χ1n) is 11.0. The van der Waals surface area contributed by atoms with Crippen LogP contribution in [0.15, 0.2) is 109 Å². The van der Waals surface area contributed by atoms with Crippen molar-refractivity contribution in [3.63, 3.8) is 0 Å². The van der Waals surface area contributed by atoms with Gasteiger partial charge in [-0.05, 0) is 110 Å². The van der Waals surface area contributed by atoms with Crippen molar-refractivity contribution < 1.29 is 4.39 Å². The summed E-state index contributed by atoms with van der Waals surface area (Å²) in [6.45, 7) is 2.09. The van der Waals surface area contributed by atoms with E-state index in [1.54, 1.807) is 0 Å². The third-order valence-electron chi connectivity index (χ3n) is 5.96. The Morgan fingerprint density at radius 2 is 1.15 bits per heavy atom. The first kappa shape index (κ1) is 22.8. The van der Waals surface area contributed by atoms with Crippen molar-refractivity contribution >= 4 is 56.1 Å². The average molecular weight is 575 g/mol. The summed E-state index contributed by atoms with van der Waals surface area (Å²) in [4.78, 5) is 0. The number of rotatable bonds is 4. The van der Waals surface area contributed by atoms with Gasteiger partial charge in [-0.2, -0.15) is 0 Å². The summed E-state index contributed by atoms with van der Waals surface area (Å²) < 4.78 is 15.1. The molecule has 3 heteroatoms. The Kier molecular flexibility index (Phi) is 6.53. The number of benzene rings is 5. The van der Waals surface area contributed by atoms with E-state index < -0.39 is 0 Å². The van der Waals surface area contributed by atoms with Crippen molar-refractivity contribution in [3.8, 4) is 0 Å². The van der Waals surface area contributed by atoms with E-state index in [-0.39, 0.29) is 5.82 Å². The van der Waals surface area contributed by atoms with Gasteiger partial charge in [0.15, 0.2) is 0 Å². The minimum Gasteiger partial charge on any atom is -0.207 e. The maximum absolute atomic E-state index is 13.9. The van der Waals surface area contributed by atoms with Crippen molar-refractivity contribution in [1.82, 2.24) is 0 Å². The van der Waals surface area contributed by atoms with E-state index in [2.05, 4.69) is 90.2 Å². The second-order valence-corrected chi connectivity index (χ2v) is 9.91. The maximum Gasteiger partial charge on any atom is 0.123 e. The van der Waals surface area contributed by atoms with Gasteiger partial charge in [0.1, 0.15) is 5.82 Å². The Bertz CT molecular complexity index is 1450. The Morgan fingerprint density at radius 3 is 1.76 bits per heavy atom. The minimum atomic E-state index is -0.253. The summed E-state index contributed by atoms with van der Waals surface area (Å²) in [6, 6.07) is 36.1. The topological polar surface area (TPSA) is 0 Å². The largest absolute Gasteiger partial charge is 0.207 e. The molecule has 0 fully saturated rings. The second kappa shape index (κ2) is 9.73. The lowest BCUT2D eigenvalue weighted by Crippen LogP contribution is -2.00. The molecule has 0 saturated carbocycles. The van der Waals surface area contributed by atoms with Crippen LogP contribution in [0, 0.1) is 16.3 Å². The molecule has 0 radical (unpaired) electrons. The van der Waals surface area contributed by atoms with Gasteiger partial charge in [-0.15, -0.1) is 0 Å². The predicted octanol–water partition coefficient (Wildman–Crippen LogP) is 9.55. The van der Waals surface area contributed by atoms with Crippen LogP contribution >= 0.6 is 34.2 Å². The highest BCUT2D eigenvalue weighted by Crippen LogP contribution is 2.40. The highest BCUT2D eigenvalue weighted by atomic mass is 127. The van der Waals surface area contributed by atoms with Crippen molar-refractivity contribution in [3.05, 3.63) is 151 Å². The summed E-state index contributed by atoms with van der Waals surface area (Å²) in [5.74, 6) is -0.253. The Hall–Kier alpha value is -2.95. The first-order valence-corrected chi connectivity index (χ1v) is 12.5. The summed E-state index contributed by atoms with van der Waals surface area (Å²) in [5.41, 5.74) is 7.55. The monoisotopic (exact) mass is 574 g/mol. The molecule has 0 bridgehead atoms. The Balaban J connectivity index is 1.91. The SMILES string of the molecule is Cc1ccc(/C(=C(/c2ccc(F)cc2)c2ccc(Cl)cc2)c2cc3ccccc3cc2I)cc1. The average Bonchev–Trinajstić information content (AvgIpc) is 2.85. The molecule has 5 aromatic carbocycles. The highest BCUT2D eigenvalue weighted by molar-refractivity contribution is 14.1. The second-order valence-electron chi connectivity index (χ2n) is 8.31. The molecule has 0 unspecified atom stereocenters.